The first-order valence-corrected chi connectivity index (χ1v) is 8.14. The fourth-order valence-corrected chi connectivity index (χ4v) is 3.10. The van der Waals surface area contributed by atoms with Gasteiger partial charge >= 0.3 is 0 Å². The molecule has 0 aliphatic heterocycles. The quantitative estimate of drug-likeness (QED) is 0.824. The Hall–Kier alpha value is -1.49. The first-order valence-electron chi connectivity index (χ1n) is 7.35. The zero-order chi connectivity index (χ0) is 16.9. The van der Waals surface area contributed by atoms with Crippen molar-refractivity contribution in [3.8, 4) is 11.1 Å². The van der Waals surface area contributed by atoms with Crippen molar-refractivity contribution >= 4 is 21.7 Å². The van der Waals surface area contributed by atoms with E-state index in [-0.39, 0.29) is 16.6 Å². The summed E-state index contributed by atoms with van der Waals surface area (Å²) in [5.74, 6) is 0.505. The molecule has 5 heteroatoms. The number of halogens is 1. The number of aromatic nitrogens is 2. The maximum atomic E-state index is 13.1. The second-order valence-electron chi connectivity index (χ2n) is 7.54. The second-order valence-corrected chi connectivity index (χ2v) is 8.46. The molecule has 22 heavy (non-hydrogen) atoms. The molecule has 0 aliphatic carbocycles. The summed E-state index contributed by atoms with van der Waals surface area (Å²) in [4.78, 5) is 13.1. The van der Waals surface area contributed by atoms with E-state index >= 15 is 0 Å². The molecule has 0 atom stereocenters. The predicted octanol–water partition coefficient (Wildman–Crippen LogP) is 4.17. The van der Waals surface area contributed by atoms with Crippen LogP contribution >= 0.6 is 15.9 Å². The summed E-state index contributed by atoms with van der Waals surface area (Å²) < 4.78 is 4.60. The van der Waals surface area contributed by atoms with Crippen molar-refractivity contribution in [3.05, 3.63) is 39.1 Å². The number of benzene rings is 1. The molecule has 120 valence electrons. The van der Waals surface area contributed by atoms with Crippen molar-refractivity contribution in [2.45, 2.75) is 52.6 Å². The van der Waals surface area contributed by atoms with Crippen molar-refractivity contribution in [1.29, 1.82) is 0 Å². The van der Waals surface area contributed by atoms with Crippen LogP contribution in [0.25, 0.3) is 11.1 Å². The van der Waals surface area contributed by atoms with Crippen LogP contribution in [0, 0.1) is 0 Å². The third-order valence-corrected chi connectivity index (χ3v) is 3.97. The summed E-state index contributed by atoms with van der Waals surface area (Å²) in [7, 11) is 0. The fourth-order valence-electron chi connectivity index (χ4n) is 2.70. The molecule has 0 aliphatic rings. The molecule has 0 fully saturated rings. The summed E-state index contributed by atoms with van der Waals surface area (Å²) in [5, 5.41) is 0. The van der Waals surface area contributed by atoms with Crippen LogP contribution in [0.3, 0.4) is 0 Å². The van der Waals surface area contributed by atoms with Crippen molar-refractivity contribution in [2.75, 3.05) is 5.73 Å². The molecule has 1 heterocycles. The molecular weight excluding hydrogens is 342 g/mol. The molecule has 2 N–H and O–H groups in total. The summed E-state index contributed by atoms with van der Waals surface area (Å²) in [6.45, 7) is 12.2. The summed E-state index contributed by atoms with van der Waals surface area (Å²) in [6.07, 6.45) is 0. The van der Waals surface area contributed by atoms with E-state index in [2.05, 4.69) is 36.7 Å². The third-order valence-electron chi connectivity index (χ3n) is 3.47. The Morgan fingerprint density at radius 2 is 1.55 bits per heavy atom. The Kier molecular flexibility index (Phi) is 4.07. The van der Waals surface area contributed by atoms with E-state index in [4.69, 9.17) is 5.73 Å². The van der Waals surface area contributed by atoms with Gasteiger partial charge in [0, 0.05) is 4.47 Å². The van der Waals surface area contributed by atoms with Crippen LogP contribution in [0.4, 0.5) is 5.82 Å². The molecule has 2 rings (SSSR count). The van der Waals surface area contributed by atoms with Crippen LogP contribution in [-0.4, -0.2) is 9.36 Å². The topological polar surface area (TPSA) is 52.9 Å². The highest BCUT2D eigenvalue weighted by Gasteiger charge is 2.31. The number of nitrogen functional groups attached to an aromatic ring is 1. The van der Waals surface area contributed by atoms with Gasteiger partial charge in [-0.05, 0) is 59.2 Å². The average Bonchev–Trinajstić information content (AvgIpc) is 2.60. The molecule has 2 aromatic rings. The van der Waals surface area contributed by atoms with Gasteiger partial charge in [-0.1, -0.05) is 28.1 Å². The highest BCUT2D eigenvalue weighted by atomic mass is 79.9. The van der Waals surface area contributed by atoms with E-state index in [1.165, 1.54) is 0 Å². The van der Waals surface area contributed by atoms with Crippen LogP contribution in [0.1, 0.15) is 41.5 Å². The van der Waals surface area contributed by atoms with Crippen LogP contribution in [0.15, 0.2) is 33.5 Å². The lowest BCUT2D eigenvalue weighted by molar-refractivity contribution is 0.216. The predicted molar refractivity (Wildman–Crippen MR) is 96.2 cm³/mol. The molecule has 0 amide bonds. The van der Waals surface area contributed by atoms with Gasteiger partial charge in [0.2, 0.25) is 0 Å². The van der Waals surface area contributed by atoms with E-state index in [1.807, 2.05) is 49.7 Å². The van der Waals surface area contributed by atoms with Gasteiger partial charge in [0.25, 0.3) is 5.56 Å². The molecular formula is C17H24BrN3O. The summed E-state index contributed by atoms with van der Waals surface area (Å²) in [6, 6.07) is 7.68. The van der Waals surface area contributed by atoms with E-state index < -0.39 is 0 Å². The lowest BCUT2D eigenvalue weighted by Crippen LogP contribution is -2.42. The zero-order valence-electron chi connectivity index (χ0n) is 14.1. The smallest absolute Gasteiger partial charge is 0.277 e. The van der Waals surface area contributed by atoms with Gasteiger partial charge in [-0.25, -0.2) is 4.68 Å². The fraction of sp³-hybridized carbons (Fsp3) is 0.471. The Morgan fingerprint density at radius 3 is 1.95 bits per heavy atom. The van der Waals surface area contributed by atoms with E-state index in [0.717, 1.165) is 10.0 Å². The summed E-state index contributed by atoms with van der Waals surface area (Å²) >= 11 is 3.46. The molecule has 0 bridgehead atoms. The molecule has 4 nitrogen and oxygen atoms in total. The normalized spacial score (nSPS) is 12.7. The van der Waals surface area contributed by atoms with E-state index in [1.54, 1.807) is 4.68 Å². The molecule has 1 aromatic carbocycles. The van der Waals surface area contributed by atoms with Crippen molar-refractivity contribution in [3.63, 3.8) is 0 Å². The summed E-state index contributed by atoms with van der Waals surface area (Å²) in [5.41, 5.74) is 7.08. The Balaban J connectivity index is 2.90. The lowest BCUT2D eigenvalue weighted by Gasteiger charge is -2.32. The highest BCUT2D eigenvalue weighted by molar-refractivity contribution is 9.10. The molecule has 0 saturated carbocycles. The first kappa shape index (κ1) is 16.9. The second kappa shape index (κ2) is 5.30. The third kappa shape index (κ3) is 2.86. The van der Waals surface area contributed by atoms with E-state index in [0.29, 0.717) is 11.4 Å². The van der Waals surface area contributed by atoms with Gasteiger partial charge < -0.3 is 5.73 Å². The van der Waals surface area contributed by atoms with Crippen molar-refractivity contribution < 1.29 is 0 Å². The minimum absolute atomic E-state index is 0.0574. The average molecular weight is 366 g/mol. The number of rotatable bonds is 1. The first-order chi connectivity index (χ1) is 9.94. The number of hydrogen-bond donors (Lipinski definition) is 1. The van der Waals surface area contributed by atoms with Gasteiger partial charge in [-0.15, -0.1) is 0 Å². The molecule has 0 spiro atoms. The molecule has 1 aromatic heterocycles. The van der Waals surface area contributed by atoms with Crippen molar-refractivity contribution in [2.24, 2.45) is 0 Å². The number of anilines is 1. The largest absolute Gasteiger partial charge is 0.383 e. The van der Waals surface area contributed by atoms with Gasteiger partial charge in [0.1, 0.15) is 5.82 Å². The maximum Gasteiger partial charge on any atom is 0.277 e. The Bertz CT molecular complexity index is 758. The SMILES string of the molecule is CC(C)(C)n1c(N)c(-c2cccc(Br)c2)c(=O)n1C(C)(C)C. The minimum atomic E-state index is -0.358. The Morgan fingerprint density at radius 1 is 1.00 bits per heavy atom. The van der Waals surface area contributed by atoms with Gasteiger partial charge in [-0.2, -0.15) is 0 Å². The van der Waals surface area contributed by atoms with Crippen LogP contribution in [-0.2, 0) is 11.1 Å². The van der Waals surface area contributed by atoms with Crippen LogP contribution in [0.5, 0.6) is 0 Å². The highest BCUT2D eigenvalue weighted by Crippen LogP contribution is 2.31. The molecule has 0 radical (unpaired) electrons. The maximum absolute atomic E-state index is 13.1. The minimum Gasteiger partial charge on any atom is -0.383 e. The molecule has 0 saturated heterocycles. The molecule has 0 unspecified atom stereocenters. The number of nitrogens with zero attached hydrogens (tertiary/aromatic N) is 2. The van der Waals surface area contributed by atoms with Gasteiger partial charge in [0.05, 0.1) is 16.6 Å². The van der Waals surface area contributed by atoms with Gasteiger partial charge in [0.15, 0.2) is 0 Å². The zero-order valence-corrected chi connectivity index (χ0v) is 15.7. The van der Waals surface area contributed by atoms with Crippen LogP contribution in [0.2, 0.25) is 0 Å². The monoisotopic (exact) mass is 365 g/mol. The lowest BCUT2D eigenvalue weighted by atomic mass is 10.1. The standard InChI is InChI=1S/C17H24BrN3O/c1-16(2,3)20-14(19)13(11-8-7-9-12(18)10-11)15(22)21(20)17(4,5)6/h7-10H,19H2,1-6H3. The number of nitrogens with two attached hydrogens (primary N) is 1. The van der Waals surface area contributed by atoms with Crippen LogP contribution < -0.4 is 11.3 Å². The van der Waals surface area contributed by atoms with Gasteiger partial charge in [-0.3, -0.25) is 9.48 Å². The van der Waals surface area contributed by atoms with E-state index in [9.17, 15) is 4.79 Å². The number of hydrogen-bond acceptors (Lipinski definition) is 2. The van der Waals surface area contributed by atoms with Crippen molar-refractivity contribution in [1.82, 2.24) is 9.36 Å². The Labute approximate surface area is 140 Å².